The van der Waals surface area contributed by atoms with Crippen LogP contribution in [0.5, 0.6) is 5.75 Å². The number of likely N-dealkylation sites (N-methyl/N-ethyl adjacent to an activating group) is 1. The van der Waals surface area contributed by atoms with Crippen LogP contribution in [-0.2, 0) is 28.9 Å². The van der Waals surface area contributed by atoms with E-state index in [2.05, 4.69) is 16.2 Å². The van der Waals surface area contributed by atoms with Gasteiger partial charge in [0, 0.05) is 39.4 Å². The van der Waals surface area contributed by atoms with E-state index < -0.39 is 5.41 Å². The monoisotopic (exact) mass is 468 g/mol. The zero-order chi connectivity index (χ0) is 24.0. The smallest absolute Gasteiger partial charge is 0.230 e. The molecule has 1 aromatic heterocycles. The fraction of sp³-hybridized carbons (Fsp3) is 0.615. The van der Waals surface area contributed by atoms with Crippen LogP contribution >= 0.6 is 0 Å². The number of fused-ring (bicyclic) bond motifs is 1. The third kappa shape index (κ3) is 5.59. The highest BCUT2D eigenvalue weighted by Crippen LogP contribution is 2.38. The summed E-state index contributed by atoms with van der Waals surface area (Å²) in [5.41, 5.74) is 0.695. The van der Waals surface area contributed by atoms with Crippen LogP contribution in [0.3, 0.4) is 0 Å². The second-order valence-electron chi connectivity index (χ2n) is 9.55. The molecule has 1 aromatic carbocycles. The number of amides is 2. The van der Waals surface area contributed by atoms with Gasteiger partial charge in [0.05, 0.1) is 12.0 Å². The van der Waals surface area contributed by atoms with E-state index in [-0.39, 0.29) is 11.8 Å². The van der Waals surface area contributed by atoms with Crippen LogP contribution in [0, 0.1) is 5.41 Å². The lowest BCUT2D eigenvalue weighted by Gasteiger charge is -2.44. The summed E-state index contributed by atoms with van der Waals surface area (Å²) in [6.07, 6.45) is 6.78. The zero-order valence-corrected chi connectivity index (χ0v) is 20.4. The summed E-state index contributed by atoms with van der Waals surface area (Å²) < 4.78 is 11.3. The van der Waals surface area contributed by atoms with Gasteiger partial charge in [-0.3, -0.25) is 9.59 Å². The molecule has 3 heterocycles. The van der Waals surface area contributed by atoms with E-state index in [1.165, 1.54) is 5.56 Å². The first-order chi connectivity index (χ1) is 16.5. The first-order valence-corrected chi connectivity index (χ1v) is 12.6. The van der Waals surface area contributed by atoms with Gasteiger partial charge in [-0.25, -0.2) is 0 Å². The minimum atomic E-state index is -0.527. The Hall–Kier alpha value is -2.90. The Kier molecular flexibility index (Phi) is 7.85. The van der Waals surface area contributed by atoms with Crippen LogP contribution in [0.4, 0.5) is 0 Å². The molecule has 1 fully saturated rings. The summed E-state index contributed by atoms with van der Waals surface area (Å²) in [6, 6.07) is 8.17. The molecule has 0 radical (unpaired) electrons. The molecule has 0 aliphatic carbocycles. The maximum absolute atomic E-state index is 13.7. The van der Waals surface area contributed by atoms with E-state index in [1.54, 1.807) is 4.90 Å². The van der Waals surface area contributed by atoms with E-state index in [4.69, 9.17) is 9.26 Å². The number of para-hydroxylation sites is 1. The van der Waals surface area contributed by atoms with E-state index in [0.717, 1.165) is 44.3 Å². The number of rotatable bonds is 4. The Morgan fingerprint density at radius 1 is 1.15 bits per heavy atom. The van der Waals surface area contributed by atoms with Gasteiger partial charge in [-0.15, -0.1) is 0 Å². The lowest BCUT2D eigenvalue weighted by molar-refractivity contribution is -0.149. The Morgan fingerprint density at radius 2 is 1.97 bits per heavy atom. The molecular weight excluding hydrogens is 432 g/mol. The van der Waals surface area contributed by atoms with Crippen molar-refractivity contribution in [2.75, 3.05) is 33.3 Å². The number of aromatic nitrogens is 2. The van der Waals surface area contributed by atoms with Gasteiger partial charge in [-0.2, -0.15) is 4.98 Å². The van der Waals surface area contributed by atoms with Gasteiger partial charge in [0.1, 0.15) is 12.4 Å². The molecule has 1 unspecified atom stereocenters. The van der Waals surface area contributed by atoms with Gasteiger partial charge < -0.3 is 19.1 Å². The molecule has 8 nitrogen and oxygen atoms in total. The predicted molar refractivity (Wildman–Crippen MR) is 127 cm³/mol. The van der Waals surface area contributed by atoms with Crippen molar-refractivity contribution in [1.82, 2.24) is 19.9 Å². The van der Waals surface area contributed by atoms with E-state index in [0.29, 0.717) is 57.2 Å². The van der Waals surface area contributed by atoms with Crippen LogP contribution in [0.15, 0.2) is 28.8 Å². The summed E-state index contributed by atoms with van der Waals surface area (Å²) in [7, 11) is 1.85. The fourth-order valence-electron chi connectivity index (χ4n) is 5.17. The normalized spacial score (nSPS) is 22.0. The molecule has 0 saturated carbocycles. The van der Waals surface area contributed by atoms with Crippen molar-refractivity contribution >= 4 is 11.8 Å². The number of aryl methyl sites for hydroxylation is 3. The molecule has 184 valence electrons. The SMILES string of the molecule is CCc1noc(CCC(=O)N2CCCC3(CCCCc4ccccc4OCCN(C)C3=O)C2)n1. The van der Waals surface area contributed by atoms with Gasteiger partial charge in [-0.1, -0.05) is 36.7 Å². The Morgan fingerprint density at radius 3 is 2.79 bits per heavy atom. The van der Waals surface area contributed by atoms with E-state index in [9.17, 15) is 9.59 Å². The third-order valence-corrected chi connectivity index (χ3v) is 7.12. The van der Waals surface area contributed by atoms with Gasteiger partial charge >= 0.3 is 0 Å². The van der Waals surface area contributed by atoms with Gasteiger partial charge in [0.25, 0.3) is 0 Å². The quantitative estimate of drug-likeness (QED) is 0.683. The lowest BCUT2D eigenvalue weighted by Crippen LogP contribution is -2.54. The molecule has 8 heteroatoms. The van der Waals surface area contributed by atoms with Crippen molar-refractivity contribution in [3.8, 4) is 5.75 Å². The first kappa shape index (κ1) is 24.2. The number of ether oxygens (including phenoxy) is 1. The number of carbonyl (C=O) groups excluding carboxylic acids is 2. The van der Waals surface area contributed by atoms with E-state index >= 15 is 0 Å². The zero-order valence-electron chi connectivity index (χ0n) is 20.4. The number of hydrogen-bond donors (Lipinski definition) is 0. The molecule has 1 saturated heterocycles. The Balaban J connectivity index is 1.43. The second-order valence-corrected chi connectivity index (χ2v) is 9.55. The molecule has 2 aliphatic heterocycles. The fourth-order valence-corrected chi connectivity index (χ4v) is 5.17. The second kappa shape index (κ2) is 11.0. The van der Waals surface area contributed by atoms with Crippen LogP contribution in [0.2, 0.25) is 0 Å². The molecule has 1 spiro atoms. The molecule has 2 aliphatic rings. The predicted octanol–water partition coefficient (Wildman–Crippen LogP) is 3.44. The topological polar surface area (TPSA) is 88.8 Å². The molecule has 0 N–H and O–H groups in total. The summed E-state index contributed by atoms with van der Waals surface area (Å²) in [6.45, 7) is 4.13. The highest BCUT2D eigenvalue weighted by molar-refractivity contribution is 5.84. The van der Waals surface area contributed by atoms with Crippen LogP contribution in [-0.4, -0.2) is 65.0 Å². The van der Waals surface area contributed by atoms with Crippen LogP contribution in [0.1, 0.15) is 62.7 Å². The van der Waals surface area contributed by atoms with Crippen molar-refractivity contribution in [3.63, 3.8) is 0 Å². The van der Waals surface area contributed by atoms with Crippen molar-refractivity contribution < 1.29 is 18.8 Å². The largest absolute Gasteiger partial charge is 0.491 e. The molecule has 1 atom stereocenters. The lowest BCUT2D eigenvalue weighted by atomic mass is 9.74. The van der Waals surface area contributed by atoms with Crippen molar-refractivity contribution in [3.05, 3.63) is 41.5 Å². The van der Waals surface area contributed by atoms with Crippen molar-refractivity contribution in [2.45, 2.75) is 64.7 Å². The molecular formula is C26H36N4O4. The van der Waals surface area contributed by atoms with Gasteiger partial charge in [0.2, 0.25) is 17.7 Å². The maximum atomic E-state index is 13.7. The minimum absolute atomic E-state index is 0.0501. The van der Waals surface area contributed by atoms with Gasteiger partial charge in [-0.05, 0) is 43.7 Å². The summed E-state index contributed by atoms with van der Waals surface area (Å²) in [5, 5.41) is 3.90. The third-order valence-electron chi connectivity index (χ3n) is 7.12. The minimum Gasteiger partial charge on any atom is -0.491 e. The number of likely N-dealkylation sites (tertiary alicyclic amines) is 1. The molecule has 2 aromatic rings. The highest BCUT2D eigenvalue weighted by Gasteiger charge is 2.44. The van der Waals surface area contributed by atoms with Crippen molar-refractivity contribution in [1.29, 1.82) is 0 Å². The molecule has 4 rings (SSSR count). The number of hydrogen-bond acceptors (Lipinski definition) is 6. The Bertz CT molecular complexity index is 991. The van der Waals surface area contributed by atoms with Crippen molar-refractivity contribution in [2.24, 2.45) is 5.41 Å². The summed E-state index contributed by atoms with van der Waals surface area (Å²) >= 11 is 0. The molecule has 34 heavy (non-hydrogen) atoms. The van der Waals surface area contributed by atoms with Gasteiger partial charge in [0.15, 0.2) is 5.82 Å². The standard InChI is InChI=1S/C26H36N4O4/c1-3-22-27-23(34-28-22)12-13-24(31)30-16-8-15-26(19-30)14-7-6-10-20-9-4-5-11-21(20)33-18-17-29(2)25(26)32/h4-5,9,11H,3,6-8,10,12-19H2,1-2H3. The number of piperidine rings is 1. The first-order valence-electron chi connectivity index (χ1n) is 12.6. The summed E-state index contributed by atoms with van der Waals surface area (Å²) in [5.74, 6) is 2.26. The number of benzene rings is 1. The van der Waals surface area contributed by atoms with Crippen LogP contribution in [0.25, 0.3) is 0 Å². The average Bonchev–Trinajstić information content (AvgIpc) is 3.33. The number of carbonyl (C=O) groups is 2. The Labute approximate surface area is 201 Å². The molecule has 2 amide bonds. The molecule has 0 bridgehead atoms. The maximum Gasteiger partial charge on any atom is 0.230 e. The van der Waals surface area contributed by atoms with E-state index in [1.807, 2.05) is 37.1 Å². The summed E-state index contributed by atoms with van der Waals surface area (Å²) in [4.78, 5) is 34.7. The highest BCUT2D eigenvalue weighted by atomic mass is 16.5. The average molecular weight is 469 g/mol. The van der Waals surface area contributed by atoms with Crippen LogP contribution < -0.4 is 4.74 Å². The number of nitrogens with zero attached hydrogens (tertiary/aromatic N) is 4.